The second-order valence-electron chi connectivity index (χ2n) is 3.79. The van der Waals surface area contributed by atoms with Crippen molar-refractivity contribution in [3.05, 3.63) is 0 Å². The molecule has 0 unspecified atom stereocenters. The molecule has 0 radical (unpaired) electrons. The maximum absolute atomic E-state index is 10.5. The van der Waals surface area contributed by atoms with E-state index in [0.717, 1.165) is 45.1 Å². The number of hydrogen-bond donors (Lipinski definition) is 0. The third-order valence-corrected chi connectivity index (χ3v) is 2.42. The van der Waals surface area contributed by atoms with Gasteiger partial charge < -0.3 is 4.74 Å². The first kappa shape index (κ1) is 11.4. The molecule has 3 heteroatoms. The molecule has 3 nitrogen and oxygen atoms in total. The average molecular weight is 198 g/mol. The Morgan fingerprint density at radius 1 is 0.786 bits per heavy atom. The average Bonchev–Trinajstić information content (AvgIpc) is 2.21. The van der Waals surface area contributed by atoms with Gasteiger partial charge in [-0.15, -0.1) is 0 Å². The third kappa shape index (κ3) is 5.12. The Labute approximate surface area is 84.8 Å². The Bertz CT molecular complexity index is 161. The van der Waals surface area contributed by atoms with Crippen LogP contribution in [-0.2, 0) is 14.3 Å². The lowest BCUT2D eigenvalue weighted by Gasteiger charge is -2.07. The highest BCUT2D eigenvalue weighted by atomic mass is 16.5. The van der Waals surface area contributed by atoms with E-state index in [1.54, 1.807) is 0 Å². The Hall–Kier alpha value is -0.700. The topological polar surface area (TPSA) is 43.4 Å². The number of ether oxygens (including phenoxy) is 1. The van der Waals surface area contributed by atoms with Gasteiger partial charge in [0.1, 0.15) is 12.4 Å². The van der Waals surface area contributed by atoms with Gasteiger partial charge in [-0.2, -0.15) is 0 Å². The van der Waals surface area contributed by atoms with Crippen molar-refractivity contribution in [2.75, 3.05) is 13.2 Å². The second kappa shape index (κ2) is 6.71. The molecule has 80 valence electrons. The Kier molecular flexibility index (Phi) is 5.45. The quantitative estimate of drug-likeness (QED) is 0.597. The van der Waals surface area contributed by atoms with Crippen molar-refractivity contribution in [3.8, 4) is 0 Å². The molecule has 1 saturated carbocycles. The summed E-state index contributed by atoms with van der Waals surface area (Å²) in [6.07, 6.45) is 6.88. The second-order valence-corrected chi connectivity index (χ2v) is 3.79. The lowest BCUT2D eigenvalue weighted by Crippen LogP contribution is -2.15. The van der Waals surface area contributed by atoms with Gasteiger partial charge in [-0.3, -0.25) is 9.59 Å². The number of Topliss-reactive ketones (excluding diaryl/α,β-unsaturated/α-hetero) is 2. The minimum absolute atomic E-state index is 0.242. The summed E-state index contributed by atoms with van der Waals surface area (Å²) in [5.74, 6) is 0.706. The van der Waals surface area contributed by atoms with Crippen molar-refractivity contribution in [1.82, 2.24) is 0 Å². The normalized spacial score (nSPS) is 22.6. The highest BCUT2D eigenvalue weighted by Crippen LogP contribution is 2.12. The summed E-state index contributed by atoms with van der Waals surface area (Å²) in [5, 5.41) is 0. The fraction of sp³-hybridized carbons (Fsp3) is 0.818. The molecule has 1 heterocycles. The molecule has 0 atom stereocenters. The summed E-state index contributed by atoms with van der Waals surface area (Å²) in [6, 6.07) is 0. The molecule has 0 amide bonds. The number of carbonyl (C=O) groups is 2. The molecule has 14 heavy (non-hydrogen) atoms. The van der Waals surface area contributed by atoms with Crippen LogP contribution in [0.4, 0.5) is 0 Å². The SMILES string of the molecule is O=C1CCCCC1.O=C1CCCOC1. The molecule has 2 rings (SSSR count). The van der Waals surface area contributed by atoms with E-state index in [1.807, 2.05) is 0 Å². The molecule has 1 saturated heterocycles. The summed E-state index contributed by atoms with van der Waals surface area (Å²) in [6.45, 7) is 1.12. The summed E-state index contributed by atoms with van der Waals surface area (Å²) in [4.78, 5) is 20.8. The molecular formula is C11H18O3. The monoisotopic (exact) mass is 198 g/mol. The predicted molar refractivity (Wildman–Crippen MR) is 53.2 cm³/mol. The van der Waals surface area contributed by atoms with Gasteiger partial charge >= 0.3 is 0 Å². The predicted octanol–water partition coefficient (Wildman–Crippen LogP) is 1.89. The summed E-state index contributed by atoms with van der Waals surface area (Å²) in [7, 11) is 0. The number of hydrogen-bond acceptors (Lipinski definition) is 3. The minimum Gasteiger partial charge on any atom is -0.374 e. The van der Waals surface area contributed by atoms with Crippen molar-refractivity contribution in [3.63, 3.8) is 0 Å². The maximum Gasteiger partial charge on any atom is 0.158 e. The highest BCUT2D eigenvalue weighted by Gasteiger charge is 2.06. The Morgan fingerprint density at radius 2 is 1.43 bits per heavy atom. The van der Waals surface area contributed by atoms with Gasteiger partial charge in [0.05, 0.1) is 0 Å². The van der Waals surface area contributed by atoms with E-state index in [1.165, 1.54) is 6.42 Å². The molecular weight excluding hydrogens is 180 g/mol. The highest BCUT2D eigenvalue weighted by molar-refractivity contribution is 5.80. The number of rotatable bonds is 0. The van der Waals surface area contributed by atoms with Crippen LogP contribution >= 0.6 is 0 Å². The smallest absolute Gasteiger partial charge is 0.158 e. The fourth-order valence-corrected chi connectivity index (χ4v) is 1.58. The standard InChI is InChI=1S/C6H10O.C5H8O2/c7-6-4-2-1-3-5-6;6-5-2-1-3-7-4-5/h1-5H2;1-4H2. The molecule has 0 bridgehead atoms. The van der Waals surface area contributed by atoms with Gasteiger partial charge in [0.2, 0.25) is 0 Å². The van der Waals surface area contributed by atoms with E-state index >= 15 is 0 Å². The fourth-order valence-electron chi connectivity index (χ4n) is 1.58. The first-order valence-electron chi connectivity index (χ1n) is 5.40. The van der Waals surface area contributed by atoms with Crippen LogP contribution < -0.4 is 0 Å². The molecule has 2 fully saturated rings. The lowest BCUT2D eigenvalue weighted by molar-refractivity contribution is -0.127. The molecule has 0 aromatic rings. The van der Waals surface area contributed by atoms with Crippen LogP contribution in [0.3, 0.4) is 0 Å². The Morgan fingerprint density at radius 3 is 1.71 bits per heavy atom. The zero-order valence-electron chi connectivity index (χ0n) is 8.59. The molecule has 1 aliphatic carbocycles. The molecule has 1 aliphatic heterocycles. The van der Waals surface area contributed by atoms with Crippen LogP contribution in [-0.4, -0.2) is 24.8 Å². The first-order chi connectivity index (χ1) is 6.79. The first-order valence-corrected chi connectivity index (χ1v) is 5.40. The third-order valence-electron chi connectivity index (χ3n) is 2.42. The summed E-state index contributed by atoms with van der Waals surface area (Å²) < 4.78 is 4.83. The molecule has 0 aromatic heterocycles. The van der Waals surface area contributed by atoms with Crippen LogP contribution in [0.25, 0.3) is 0 Å². The minimum atomic E-state index is 0.242. The van der Waals surface area contributed by atoms with Crippen molar-refractivity contribution in [2.45, 2.75) is 44.9 Å². The van der Waals surface area contributed by atoms with Gasteiger partial charge in [-0.1, -0.05) is 6.42 Å². The largest absolute Gasteiger partial charge is 0.374 e. The van der Waals surface area contributed by atoms with Crippen LogP contribution in [0, 0.1) is 0 Å². The number of carbonyl (C=O) groups excluding carboxylic acids is 2. The number of ketones is 2. The van der Waals surface area contributed by atoms with E-state index in [4.69, 9.17) is 4.74 Å². The van der Waals surface area contributed by atoms with Crippen LogP contribution in [0.15, 0.2) is 0 Å². The Balaban J connectivity index is 0.000000140. The van der Waals surface area contributed by atoms with E-state index < -0.39 is 0 Å². The lowest BCUT2D eigenvalue weighted by atomic mass is 10.00. The van der Waals surface area contributed by atoms with Crippen LogP contribution in [0.2, 0.25) is 0 Å². The van der Waals surface area contributed by atoms with E-state index in [0.29, 0.717) is 12.4 Å². The van der Waals surface area contributed by atoms with Crippen molar-refractivity contribution < 1.29 is 14.3 Å². The van der Waals surface area contributed by atoms with Crippen LogP contribution in [0.1, 0.15) is 44.9 Å². The molecule has 0 spiro atoms. The molecule has 2 aliphatic rings. The zero-order valence-corrected chi connectivity index (χ0v) is 8.59. The van der Waals surface area contributed by atoms with Gasteiger partial charge in [0.25, 0.3) is 0 Å². The van der Waals surface area contributed by atoms with Gasteiger partial charge in [-0.05, 0) is 19.3 Å². The summed E-state index contributed by atoms with van der Waals surface area (Å²) in [5.41, 5.74) is 0. The van der Waals surface area contributed by atoms with Gasteiger partial charge in [-0.25, -0.2) is 0 Å². The summed E-state index contributed by atoms with van der Waals surface area (Å²) >= 11 is 0. The van der Waals surface area contributed by atoms with E-state index in [2.05, 4.69) is 0 Å². The zero-order chi connectivity index (χ0) is 10.2. The van der Waals surface area contributed by atoms with Gasteiger partial charge in [0.15, 0.2) is 5.78 Å². The van der Waals surface area contributed by atoms with E-state index in [-0.39, 0.29) is 5.78 Å². The molecule has 0 N–H and O–H groups in total. The molecule has 0 aromatic carbocycles. The van der Waals surface area contributed by atoms with E-state index in [9.17, 15) is 9.59 Å². The van der Waals surface area contributed by atoms with Crippen molar-refractivity contribution in [2.24, 2.45) is 0 Å². The van der Waals surface area contributed by atoms with Gasteiger partial charge in [0, 0.05) is 25.9 Å². The van der Waals surface area contributed by atoms with Crippen LogP contribution in [0.5, 0.6) is 0 Å². The maximum atomic E-state index is 10.5. The van der Waals surface area contributed by atoms with Crippen molar-refractivity contribution >= 4 is 11.6 Å². The van der Waals surface area contributed by atoms with Crippen molar-refractivity contribution in [1.29, 1.82) is 0 Å².